The summed E-state index contributed by atoms with van der Waals surface area (Å²) in [5, 5.41) is 3.31. The molecule has 0 unspecified atom stereocenters. The van der Waals surface area contributed by atoms with Gasteiger partial charge in [0.15, 0.2) is 5.82 Å². The van der Waals surface area contributed by atoms with Gasteiger partial charge in [-0.05, 0) is 29.6 Å². The first-order chi connectivity index (χ1) is 9.63. The van der Waals surface area contributed by atoms with Crippen molar-refractivity contribution < 1.29 is 9.13 Å². The molecule has 0 saturated carbocycles. The van der Waals surface area contributed by atoms with Gasteiger partial charge in [-0.15, -0.1) is 11.3 Å². The Morgan fingerprint density at radius 2 is 2.05 bits per heavy atom. The first kappa shape index (κ1) is 13.5. The Balaban J connectivity index is 1.82. The fourth-order valence-corrected chi connectivity index (χ4v) is 2.97. The van der Waals surface area contributed by atoms with Gasteiger partial charge in [-0.3, -0.25) is 0 Å². The number of rotatable bonds is 3. The van der Waals surface area contributed by atoms with E-state index in [0.29, 0.717) is 16.7 Å². The van der Waals surface area contributed by atoms with E-state index in [4.69, 9.17) is 27.9 Å². The van der Waals surface area contributed by atoms with Crippen LogP contribution in [0.25, 0.3) is 10.2 Å². The van der Waals surface area contributed by atoms with Crippen molar-refractivity contribution in [3.05, 3.63) is 51.5 Å². The van der Waals surface area contributed by atoms with Gasteiger partial charge >= 0.3 is 0 Å². The molecule has 102 valence electrons. The maximum absolute atomic E-state index is 12.9. The minimum Gasteiger partial charge on any atom is -0.484 e. The number of aromatic nitrogens is 2. The summed E-state index contributed by atoms with van der Waals surface area (Å²) in [5.74, 6) is 0.408. The number of nitrogens with zero attached hydrogens (tertiary/aromatic N) is 2. The largest absolute Gasteiger partial charge is 0.484 e. The molecule has 3 nitrogen and oxygen atoms in total. The van der Waals surface area contributed by atoms with Crippen LogP contribution in [0.2, 0.25) is 10.2 Å². The highest BCUT2D eigenvalue weighted by molar-refractivity contribution is 7.16. The highest BCUT2D eigenvalue weighted by atomic mass is 35.5. The zero-order chi connectivity index (χ0) is 14.1. The molecule has 0 aliphatic carbocycles. The fraction of sp³-hybridized carbons (Fsp3) is 0.0769. The van der Waals surface area contributed by atoms with Gasteiger partial charge in [0, 0.05) is 5.39 Å². The third kappa shape index (κ3) is 2.70. The van der Waals surface area contributed by atoms with Crippen LogP contribution in [0.5, 0.6) is 5.75 Å². The van der Waals surface area contributed by atoms with Gasteiger partial charge in [-0.25, -0.2) is 14.4 Å². The summed E-state index contributed by atoms with van der Waals surface area (Å²) in [6.07, 6.45) is 0. The van der Waals surface area contributed by atoms with Gasteiger partial charge in [0.2, 0.25) is 0 Å². The van der Waals surface area contributed by atoms with Crippen LogP contribution >= 0.6 is 34.5 Å². The summed E-state index contributed by atoms with van der Waals surface area (Å²) in [4.78, 5) is 9.29. The van der Waals surface area contributed by atoms with E-state index in [0.717, 1.165) is 10.2 Å². The Labute approximate surface area is 128 Å². The summed E-state index contributed by atoms with van der Waals surface area (Å²) >= 11 is 13.4. The lowest BCUT2D eigenvalue weighted by Crippen LogP contribution is -2.02. The van der Waals surface area contributed by atoms with Crippen molar-refractivity contribution in [2.24, 2.45) is 0 Å². The maximum atomic E-state index is 12.9. The van der Waals surface area contributed by atoms with Crippen LogP contribution in [0.3, 0.4) is 0 Å². The number of hydrogen-bond acceptors (Lipinski definition) is 4. The van der Waals surface area contributed by atoms with Gasteiger partial charge in [0.1, 0.15) is 28.2 Å². The number of hydrogen-bond donors (Lipinski definition) is 0. The summed E-state index contributed by atoms with van der Waals surface area (Å²) in [7, 11) is 0. The molecule has 20 heavy (non-hydrogen) atoms. The molecule has 0 aliphatic heterocycles. The van der Waals surface area contributed by atoms with E-state index in [9.17, 15) is 4.39 Å². The van der Waals surface area contributed by atoms with Crippen molar-refractivity contribution in [3.63, 3.8) is 0 Å². The molecule has 1 aromatic carbocycles. The van der Waals surface area contributed by atoms with Gasteiger partial charge in [0.25, 0.3) is 0 Å². The van der Waals surface area contributed by atoms with Gasteiger partial charge in [-0.2, -0.15) is 0 Å². The topological polar surface area (TPSA) is 35.0 Å². The first-order valence-electron chi connectivity index (χ1n) is 5.61. The van der Waals surface area contributed by atoms with Crippen LogP contribution in [-0.2, 0) is 6.61 Å². The fourth-order valence-electron chi connectivity index (χ4n) is 1.66. The van der Waals surface area contributed by atoms with Crippen molar-refractivity contribution in [1.82, 2.24) is 9.97 Å². The normalized spacial score (nSPS) is 10.9. The molecule has 3 rings (SSSR count). The lowest BCUT2D eigenvalue weighted by atomic mass is 10.3. The second-order valence-electron chi connectivity index (χ2n) is 3.93. The zero-order valence-electron chi connectivity index (χ0n) is 9.94. The average molecular weight is 329 g/mol. The van der Waals surface area contributed by atoms with Crippen molar-refractivity contribution in [2.45, 2.75) is 6.61 Å². The molecule has 2 heterocycles. The van der Waals surface area contributed by atoms with E-state index in [1.165, 1.54) is 29.5 Å². The monoisotopic (exact) mass is 328 g/mol. The van der Waals surface area contributed by atoms with Crippen LogP contribution in [-0.4, -0.2) is 9.97 Å². The smallest absolute Gasteiger partial charge is 0.169 e. The quantitative estimate of drug-likeness (QED) is 0.653. The Hall–Kier alpha value is -1.43. The maximum Gasteiger partial charge on any atom is 0.169 e. The van der Waals surface area contributed by atoms with E-state index < -0.39 is 5.82 Å². The standard InChI is InChI=1S/C13H7Cl2FN2OS/c14-9-5-7(16)1-2-10(9)19-6-11-17-12(15)8-3-4-20-13(8)18-11/h1-5H,6H2. The molecule has 0 saturated heterocycles. The average Bonchev–Trinajstić information content (AvgIpc) is 2.86. The molecular weight excluding hydrogens is 322 g/mol. The third-order valence-electron chi connectivity index (χ3n) is 2.58. The molecular formula is C13H7Cl2FN2OS. The molecule has 0 fully saturated rings. The highest BCUT2D eigenvalue weighted by Crippen LogP contribution is 2.27. The Morgan fingerprint density at radius 1 is 1.20 bits per heavy atom. The van der Waals surface area contributed by atoms with E-state index in [-0.39, 0.29) is 11.6 Å². The lowest BCUT2D eigenvalue weighted by Gasteiger charge is -2.07. The van der Waals surface area contributed by atoms with E-state index in [1.807, 2.05) is 11.4 Å². The van der Waals surface area contributed by atoms with E-state index >= 15 is 0 Å². The summed E-state index contributed by atoms with van der Waals surface area (Å²) in [6, 6.07) is 5.79. The van der Waals surface area contributed by atoms with Crippen molar-refractivity contribution in [1.29, 1.82) is 0 Å². The lowest BCUT2D eigenvalue weighted by molar-refractivity contribution is 0.296. The molecule has 2 aromatic heterocycles. The Bertz CT molecular complexity index is 778. The van der Waals surface area contributed by atoms with Gasteiger partial charge in [0.05, 0.1) is 5.02 Å². The molecule has 0 radical (unpaired) electrons. The summed E-state index contributed by atoms with van der Waals surface area (Å²) in [6.45, 7) is 0.110. The number of benzene rings is 1. The SMILES string of the molecule is Fc1ccc(OCc2nc(Cl)c3ccsc3n2)c(Cl)c1. The third-order valence-corrected chi connectivity index (χ3v) is 3.97. The second-order valence-corrected chi connectivity index (χ2v) is 5.59. The molecule has 0 bridgehead atoms. The van der Waals surface area contributed by atoms with Crippen molar-refractivity contribution >= 4 is 44.8 Å². The van der Waals surface area contributed by atoms with Crippen LogP contribution < -0.4 is 4.74 Å². The molecule has 7 heteroatoms. The van der Waals surface area contributed by atoms with Crippen molar-refractivity contribution in [2.75, 3.05) is 0 Å². The van der Waals surface area contributed by atoms with Crippen LogP contribution in [0.4, 0.5) is 4.39 Å². The van der Waals surface area contributed by atoms with E-state index in [1.54, 1.807) is 0 Å². The van der Waals surface area contributed by atoms with Crippen LogP contribution in [0.1, 0.15) is 5.82 Å². The predicted octanol–water partition coefficient (Wildman–Crippen LogP) is 4.72. The Morgan fingerprint density at radius 3 is 2.85 bits per heavy atom. The van der Waals surface area contributed by atoms with Crippen LogP contribution in [0, 0.1) is 5.82 Å². The molecule has 0 amide bonds. The number of ether oxygens (including phenoxy) is 1. The predicted molar refractivity (Wildman–Crippen MR) is 78.2 cm³/mol. The number of fused-ring (bicyclic) bond motifs is 1. The second kappa shape index (κ2) is 5.52. The number of thiophene rings is 1. The van der Waals surface area contributed by atoms with Crippen LogP contribution in [0.15, 0.2) is 29.6 Å². The molecule has 0 spiro atoms. The minimum atomic E-state index is -0.415. The molecule has 3 aromatic rings. The Kier molecular flexibility index (Phi) is 3.74. The molecule has 0 atom stereocenters. The molecule has 0 aliphatic rings. The van der Waals surface area contributed by atoms with E-state index in [2.05, 4.69) is 9.97 Å². The van der Waals surface area contributed by atoms with Crippen molar-refractivity contribution in [3.8, 4) is 5.75 Å². The summed E-state index contributed by atoms with van der Waals surface area (Å²) in [5.41, 5.74) is 0. The highest BCUT2D eigenvalue weighted by Gasteiger charge is 2.09. The van der Waals surface area contributed by atoms with Gasteiger partial charge < -0.3 is 4.74 Å². The molecule has 0 N–H and O–H groups in total. The number of halogens is 3. The minimum absolute atomic E-state index is 0.110. The summed E-state index contributed by atoms with van der Waals surface area (Å²) < 4.78 is 18.4. The van der Waals surface area contributed by atoms with Gasteiger partial charge in [-0.1, -0.05) is 23.2 Å². The zero-order valence-corrected chi connectivity index (χ0v) is 12.3. The first-order valence-corrected chi connectivity index (χ1v) is 7.24.